The summed E-state index contributed by atoms with van der Waals surface area (Å²) in [5.74, 6) is -4.26. The van der Waals surface area contributed by atoms with Gasteiger partial charge in [-0.2, -0.15) is 12.6 Å². The highest BCUT2D eigenvalue weighted by Gasteiger charge is 2.31. The number of amides is 3. The summed E-state index contributed by atoms with van der Waals surface area (Å²) in [6, 6.07) is -5.01. The smallest absolute Gasteiger partial charge is 0.328 e. The largest absolute Gasteiger partial charge is 0.480 e. The number of thiol groups is 1. The number of aliphatic carboxylic acids is 1. The Kier molecular flexibility index (Phi) is 10.9. The van der Waals surface area contributed by atoms with Crippen LogP contribution in [0.25, 0.3) is 0 Å². The van der Waals surface area contributed by atoms with Crippen molar-refractivity contribution in [2.45, 2.75) is 51.0 Å². The average molecular weight is 408 g/mol. The molecular weight excluding hydrogens is 380 g/mol. The van der Waals surface area contributed by atoms with E-state index in [1.807, 2.05) is 0 Å². The Balaban J connectivity index is 5.10. The second-order valence-corrected chi connectivity index (χ2v) is 6.69. The Bertz CT molecular complexity index is 544. The summed E-state index contributed by atoms with van der Waals surface area (Å²) in [6.07, 6.45) is -1.12. The van der Waals surface area contributed by atoms with Gasteiger partial charge in [0.05, 0.1) is 12.7 Å². The first-order valence-corrected chi connectivity index (χ1v) is 8.88. The number of nitrogens with two attached hydrogens (primary N) is 1. The minimum atomic E-state index is -1.53. The molecule has 27 heavy (non-hydrogen) atoms. The first kappa shape index (κ1) is 25.1. The van der Waals surface area contributed by atoms with Crippen LogP contribution in [-0.4, -0.2) is 81.6 Å². The molecule has 0 bridgehead atoms. The molecule has 0 rings (SSSR count). The van der Waals surface area contributed by atoms with E-state index in [4.69, 9.17) is 15.9 Å². The molecule has 12 heteroatoms. The average Bonchev–Trinajstić information content (AvgIpc) is 2.59. The van der Waals surface area contributed by atoms with Gasteiger partial charge in [0.25, 0.3) is 0 Å². The first-order chi connectivity index (χ1) is 12.5. The lowest BCUT2D eigenvalue weighted by Crippen LogP contribution is -2.60. The number of rotatable bonds is 11. The van der Waals surface area contributed by atoms with Crippen LogP contribution in [0.1, 0.15) is 20.8 Å². The van der Waals surface area contributed by atoms with Gasteiger partial charge in [0.1, 0.15) is 24.2 Å². The summed E-state index contributed by atoms with van der Waals surface area (Å²) in [5.41, 5.74) is 5.53. The van der Waals surface area contributed by atoms with Crippen molar-refractivity contribution in [1.29, 1.82) is 0 Å². The topological polar surface area (TPSA) is 191 Å². The SMILES string of the molecule is CC(C)C(NC(=O)C(N)C(C)O)C(=O)NC(CS)C(=O)NC(CO)C(=O)O. The summed E-state index contributed by atoms with van der Waals surface area (Å²) in [7, 11) is 0. The van der Waals surface area contributed by atoms with Crippen molar-refractivity contribution in [2.75, 3.05) is 12.4 Å². The van der Waals surface area contributed by atoms with E-state index in [-0.39, 0.29) is 11.7 Å². The number of aliphatic hydroxyl groups excluding tert-OH is 2. The lowest BCUT2D eigenvalue weighted by Gasteiger charge is -2.26. The molecule has 0 aromatic heterocycles. The molecule has 0 heterocycles. The van der Waals surface area contributed by atoms with E-state index < -0.39 is 60.6 Å². The molecule has 11 nitrogen and oxygen atoms in total. The molecule has 8 N–H and O–H groups in total. The van der Waals surface area contributed by atoms with Crippen molar-refractivity contribution in [3.8, 4) is 0 Å². The van der Waals surface area contributed by atoms with E-state index in [9.17, 15) is 24.3 Å². The summed E-state index contributed by atoms with van der Waals surface area (Å²) in [5, 5.41) is 34.0. The Morgan fingerprint density at radius 2 is 1.48 bits per heavy atom. The number of carboxylic acid groups (broad SMARTS) is 1. The van der Waals surface area contributed by atoms with Crippen LogP contribution in [0, 0.1) is 5.92 Å². The van der Waals surface area contributed by atoms with Crippen molar-refractivity contribution in [3.05, 3.63) is 0 Å². The first-order valence-electron chi connectivity index (χ1n) is 8.25. The van der Waals surface area contributed by atoms with Crippen LogP contribution in [0.3, 0.4) is 0 Å². The Morgan fingerprint density at radius 1 is 0.963 bits per heavy atom. The van der Waals surface area contributed by atoms with Gasteiger partial charge in [0.2, 0.25) is 17.7 Å². The Morgan fingerprint density at radius 3 is 1.85 bits per heavy atom. The number of hydrogen-bond acceptors (Lipinski definition) is 8. The zero-order valence-electron chi connectivity index (χ0n) is 15.4. The highest BCUT2D eigenvalue weighted by molar-refractivity contribution is 7.80. The van der Waals surface area contributed by atoms with E-state index >= 15 is 0 Å². The molecule has 0 radical (unpaired) electrons. The molecule has 0 aliphatic rings. The van der Waals surface area contributed by atoms with Crippen LogP contribution >= 0.6 is 12.6 Å². The maximum absolute atomic E-state index is 12.5. The summed E-state index contributed by atoms with van der Waals surface area (Å²) in [6.45, 7) is 3.81. The van der Waals surface area contributed by atoms with E-state index in [0.29, 0.717) is 0 Å². The molecule has 0 fully saturated rings. The number of aliphatic hydroxyl groups is 2. The molecule has 156 valence electrons. The van der Waals surface area contributed by atoms with Gasteiger partial charge in [0, 0.05) is 5.75 Å². The molecule has 5 unspecified atom stereocenters. The predicted molar refractivity (Wildman–Crippen MR) is 98.9 cm³/mol. The molecule has 0 aromatic carbocycles. The normalized spacial score (nSPS) is 16.6. The van der Waals surface area contributed by atoms with Crippen molar-refractivity contribution >= 4 is 36.3 Å². The summed E-state index contributed by atoms with van der Waals surface area (Å²) < 4.78 is 0. The van der Waals surface area contributed by atoms with Crippen LogP contribution in [0.2, 0.25) is 0 Å². The minimum absolute atomic E-state index is 0.151. The number of carbonyl (C=O) groups is 4. The van der Waals surface area contributed by atoms with Crippen molar-refractivity contribution < 1.29 is 34.5 Å². The minimum Gasteiger partial charge on any atom is -0.480 e. The Labute approximate surface area is 162 Å². The van der Waals surface area contributed by atoms with Gasteiger partial charge >= 0.3 is 5.97 Å². The molecule has 0 saturated carbocycles. The van der Waals surface area contributed by atoms with E-state index in [0.717, 1.165) is 0 Å². The number of carbonyl (C=O) groups excluding carboxylic acids is 3. The summed E-state index contributed by atoms with van der Waals surface area (Å²) in [4.78, 5) is 47.4. The van der Waals surface area contributed by atoms with Crippen LogP contribution < -0.4 is 21.7 Å². The number of hydrogen-bond donors (Lipinski definition) is 8. The van der Waals surface area contributed by atoms with Gasteiger partial charge in [-0.1, -0.05) is 13.8 Å². The zero-order chi connectivity index (χ0) is 21.3. The van der Waals surface area contributed by atoms with Crippen molar-refractivity contribution in [2.24, 2.45) is 11.7 Å². The molecule has 0 aliphatic heterocycles. The highest BCUT2D eigenvalue weighted by Crippen LogP contribution is 2.04. The highest BCUT2D eigenvalue weighted by atomic mass is 32.1. The van der Waals surface area contributed by atoms with Crippen molar-refractivity contribution in [3.63, 3.8) is 0 Å². The Hall–Kier alpha value is -1.89. The number of carboxylic acids is 1. The van der Waals surface area contributed by atoms with Crippen molar-refractivity contribution in [1.82, 2.24) is 16.0 Å². The molecule has 3 amide bonds. The van der Waals surface area contributed by atoms with Gasteiger partial charge in [-0.15, -0.1) is 0 Å². The third-order valence-electron chi connectivity index (χ3n) is 3.68. The number of nitrogens with one attached hydrogen (secondary N) is 3. The fourth-order valence-corrected chi connectivity index (χ4v) is 2.17. The van der Waals surface area contributed by atoms with E-state index in [1.165, 1.54) is 6.92 Å². The lowest BCUT2D eigenvalue weighted by molar-refractivity contribution is -0.143. The van der Waals surface area contributed by atoms with Gasteiger partial charge in [-0.25, -0.2) is 4.79 Å². The molecule has 5 atom stereocenters. The maximum atomic E-state index is 12.5. The molecular formula is C15H28N4O7S. The third kappa shape index (κ3) is 8.12. The van der Waals surface area contributed by atoms with Crippen LogP contribution in [0.5, 0.6) is 0 Å². The second kappa shape index (κ2) is 11.7. The molecule has 0 saturated heterocycles. The monoisotopic (exact) mass is 408 g/mol. The third-order valence-corrected chi connectivity index (χ3v) is 4.05. The fraction of sp³-hybridized carbons (Fsp3) is 0.733. The van der Waals surface area contributed by atoms with Crippen LogP contribution in [-0.2, 0) is 19.2 Å². The van der Waals surface area contributed by atoms with Crippen LogP contribution in [0.15, 0.2) is 0 Å². The zero-order valence-corrected chi connectivity index (χ0v) is 16.3. The molecule has 0 aromatic rings. The van der Waals surface area contributed by atoms with E-state index in [2.05, 4.69) is 28.6 Å². The maximum Gasteiger partial charge on any atom is 0.328 e. The van der Waals surface area contributed by atoms with E-state index in [1.54, 1.807) is 13.8 Å². The fourth-order valence-electron chi connectivity index (χ4n) is 1.92. The van der Waals surface area contributed by atoms with Gasteiger partial charge < -0.3 is 37.0 Å². The van der Waals surface area contributed by atoms with Gasteiger partial charge in [-0.3, -0.25) is 14.4 Å². The second-order valence-electron chi connectivity index (χ2n) is 6.32. The quantitative estimate of drug-likeness (QED) is 0.164. The summed E-state index contributed by atoms with van der Waals surface area (Å²) >= 11 is 3.96. The van der Waals surface area contributed by atoms with Gasteiger partial charge in [-0.05, 0) is 12.8 Å². The standard InChI is InChI=1S/C15H28N4O7S/c1-6(2)11(19-13(23)10(16)7(3)21)14(24)18-9(5-27)12(22)17-8(4-20)15(25)26/h6-11,20-21,27H,4-5,16H2,1-3H3,(H,17,22)(H,18,24)(H,19,23)(H,25,26). The predicted octanol–water partition coefficient (Wildman–Crippen LogP) is -3.19. The van der Waals surface area contributed by atoms with Gasteiger partial charge in [0.15, 0.2) is 0 Å². The molecule has 0 aliphatic carbocycles. The van der Waals surface area contributed by atoms with Crippen LogP contribution in [0.4, 0.5) is 0 Å². The lowest BCUT2D eigenvalue weighted by atomic mass is 10.0. The molecule has 0 spiro atoms.